The van der Waals surface area contributed by atoms with Crippen LogP contribution in [0.5, 0.6) is 5.75 Å². The number of Topliss-reactive ketones (excluding diaryl/α,β-unsaturated/α-hetero) is 4. The highest BCUT2D eigenvalue weighted by molar-refractivity contribution is 6.22. The first kappa shape index (κ1) is 26.6. The van der Waals surface area contributed by atoms with E-state index in [-0.39, 0.29) is 53.3 Å². The van der Waals surface area contributed by atoms with Gasteiger partial charge in [-0.3, -0.25) is 19.2 Å². The maximum absolute atomic E-state index is 13.6. The van der Waals surface area contributed by atoms with E-state index in [2.05, 4.69) is 0 Å². The Morgan fingerprint density at radius 3 is 2.33 bits per heavy atom. The Bertz CT molecular complexity index is 1470. The number of carbonyl (C=O) groups excluding carboxylic acids is 4. The topological polar surface area (TPSA) is 149 Å². The number of benzene rings is 2. The fourth-order valence-corrected chi connectivity index (χ4v) is 6.46. The van der Waals surface area contributed by atoms with Crippen LogP contribution < -0.4 is 0 Å². The zero-order valence-corrected chi connectivity index (χ0v) is 21.7. The molecule has 0 bridgehead atoms. The molecule has 0 aliphatic heterocycles. The van der Waals surface area contributed by atoms with Gasteiger partial charge in [0, 0.05) is 24.8 Å². The molecule has 3 aliphatic rings. The molecular weight excluding hydrogens is 500 g/mol. The molecule has 0 saturated heterocycles. The Hall–Kier alpha value is -4.04. The minimum Gasteiger partial charge on any atom is -0.511 e. The van der Waals surface area contributed by atoms with Crippen molar-refractivity contribution < 1.29 is 39.6 Å². The minimum absolute atomic E-state index is 0.0328. The normalized spacial score (nSPS) is 23.2. The molecule has 3 aliphatic carbocycles. The molecule has 1 saturated carbocycles. The number of phenolic OH excluding ortho intramolecular Hbond substituents is 1. The summed E-state index contributed by atoms with van der Waals surface area (Å²) in [6, 6.07) is 10.5. The number of aliphatic hydroxyl groups is 3. The molecule has 4 atom stereocenters. The highest BCUT2D eigenvalue weighted by Crippen LogP contribution is 2.51. The van der Waals surface area contributed by atoms with Crippen molar-refractivity contribution in [1.82, 2.24) is 0 Å². The van der Waals surface area contributed by atoms with Gasteiger partial charge in [-0.15, -0.1) is 0 Å². The second kappa shape index (κ2) is 9.93. The van der Waals surface area contributed by atoms with Gasteiger partial charge in [-0.05, 0) is 66.8 Å². The molecule has 0 heterocycles. The quantitative estimate of drug-likeness (QED) is 0.410. The largest absolute Gasteiger partial charge is 0.511 e. The lowest BCUT2D eigenvalue weighted by atomic mass is 9.61. The lowest BCUT2D eigenvalue weighted by Crippen LogP contribution is -2.43. The summed E-state index contributed by atoms with van der Waals surface area (Å²) in [6.07, 6.45) is 0.239. The maximum Gasteiger partial charge on any atom is 0.173 e. The van der Waals surface area contributed by atoms with Gasteiger partial charge in [-0.25, -0.2) is 0 Å². The third-order valence-corrected chi connectivity index (χ3v) is 8.07. The van der Waals surface area contributed by atoms with Crippen molar-refractivity contribution in [3.05, 3.63) is 70.0 Å². The van der Waals surface area contributed by atoms with Gasteiger partial charge in [-0.1, -0.05) is 30.3 Å². The van der Waals surface area contributed by atoms with Crippen LogP contribution in [0.4, 0.5) is 0 Å². The molecule has 0 radical (unpaired) electrons. The molecule has 5 rings (SSSR count). The first-order chi connectivity index (χ1) is 18.5. The number of rotatable bonds is 6. The van der Waals surface area contributed by atoms with Crippen molar-refractivity contribution in [2.45, 2.75) is 52.1 Å². The summed E-state index contributed by atoms with van der Waals surface area (Å²) in [4.78, 5) is 50.2. The molecule has 8 nitrogen and oxygen atoms in total. The Morgan fingerprint density at radius 1 is 1.00 bits per heavy atom. The highest BCUT2D eigenvalue weighted by Gasteiger charge is 2.50. The number of allylic oxidation sites excluding steroid dienone is 3. The third kappa shape index (κ3) is 4.59. The summed E-state index contributed by atoms with van der Waals surface area (Å²) in [6.45, 7) is 2.74. The molecule has 4 N–H and O–H groups in total. The zero-order valence-electron chi connectivity index (χ0n) is 21.7. The smallest absolute Gasteiger partial charge is 0.173 e. The van der Waals surface area contributed by atoms with Gasteiger partial charge in [-0.2, -0.15) is 0 Å². The molecule has 1 fully saturated rings. The molecule has 0 aromatic heterocycles. The average Bonchev–Trinajstić information content (AvgIpc) is 2.83. The Kier molecular flexibility index (Phi) is 6.76. The number of aromatic hydroxyl groups is 1. The van der Waals surface area contributed by atoms with Crippen molar-refractivity contribution in [3.63, 3.8) is 0 Å². The fourth-order valence-electron chi connectivity index (χ4n) is 6.46. The number of carbonyl (C=O) groups is 4. The molecule has 0 spiro atoms. The van der Waals surface area contributed by atoms with Gasteiger partial charge >= 0.3 is 0 Å². The predicted octanol–water partition coefficient (Wildman–Crippen LogP) is 3.96. The predicted molar refractivity (Wildman–Crippen MR) is 142 cm³/mol. The van der Waals surface area contributed by atoms with Crippen LogP contribution in [0.2, 0.25) is 0 Å². The van der Waals surface area contributed by atoms with Crippen molar-refractivity contribution in [2.24, 2.45) is 17.8 Å². The van der Waals surface area contributed by atoms with Crippen LogP contribution in [0.15, 0.2) is 53.3 Å². The van der Waals surface area contributed by atoms with Gasteiger partial charge in [0.15, 0.2) is 17.3 Å². The second-order valence-corrected chi connectivity index (χ2v) is 10.9. The summed E-state index contributed by atoms with van der Waals surface area (Å²) in [5, 5.41) is 42.2. The number of phenols is 1. The van der Waals surface area contributed by atoms with E-state index >= 15 is 0 Å². The van der Waals surface area contributed by atoms with Crippen LogP contribution in [0.1, 0.15) is 49.8 Å². The van der Waals surface area contributed by atoms with E-state index < -0.39 is 47.0 Å². The zero-order chi connectivity index (χ0) is 28.2. The van der Waals surface area contributed by atoms with Crippen LogP contribution in [0.3, 0.4) is 0 Å². The van der Waals surface area contributed by atoms with Gasteiger partial charge in [0.05, 0.1) is 23.2 Å². The number of aliphatic hydroxyl groups excluding tert-OH is 3. The molecule has 2 aromatic rings. The highest BCUT2D eigenvalue weighted by atomic mass is 16.3. The molecule has 202 valence electrons. The Balaban J connectivity index is 1.53. The van der Waals surface area contributed by atoms with E-state index in [1.807, 2.05) is 24.3 Å². The van der Waals surface area contributed by atoms with Gasteiger partial charge in [0.25, 0.3) is 0 Å². The van der Waals surface area contributed by atoms with Crippen LogP contribution in [-0.4, -0.2) is 49.7 Å². The lowest BCUT2D eigenvalue weighted by Gasteiger charge is -2.41. The molecule has 39 heavy (non-hydrogen) atoms. The summed E-state index contributed by atoms with van der Waals surface area (Å²) < 4.78 is 0. The van der Waals surface area contributed by atoms with E-state index in [4.69, 9.17) is 0 Å². The third-order valence-electron chi connectivity index (χ3n) is 8.07. The molecule has 8 heteroatoms. The van der Waals surface area contributed by atoms with E-state index in [1.54, 1.807) is 13.0 Å². The van der Waals surface area contributed by atoms with Crippen molar-refractivity contribution in [2.75, 3.05) is 0 Å². The van der Waals surface area contributed by atoms with E-state index in [0.717, 1.165) is 16.7 Å². The summed E-state index contributed by atoms with van der Waals surface area (Å²) in [5.74, 6) is -4.73. The first-order valence-electron chi connectivity index (χ1n) is 13.1. The summed E-state index contributed by atoms with van der Waals surface area (Å²) >= 11 is 0. The lowest BCUT2D eigenvalue weighted by molar-refractivity contribution is -0.127. The number of fused-ring (bicyclic) bond motifs is 3. The maximum atomic E-state index is 13.6. The number of hydrogen-bond acceptors (Lipinski definition) is 8. The van der Waals surface area contributed by atoms with Crippen molar-refractivity contribution in [1.29, 1.82) is 0 Å². The first-order valence-corrected chi connectivity index (χ1v) is 13.1. The summed E-state index contributed by atoms with van der Waals surface area (Å²) in [5.41, 5.74) is 2.93. The molecule has 2 aromatic carbocycles. The molecule has 2 unspecified atom stereocenters. The second-order valence-electron chi connectivity index (χ2n) is 10.9. The van der Waals surface area contributed by atoms with E-state index in [0.29, 0.717) is 18.4 Å². The van der Waals surface area contributed by atoms with E-state index in [1.165, 1.54) is 13.0 Å². The molecular formula is C31H30O8. The van der Waals surface area contributed by atoms with Gasteiger partial charge in [0.1, 0.15) is 23.1 Å². The van der Waals surface area contributed by atoms with Crippen molar-refractivity contribution in [3.8, 4) is 16.9 Å². The monoisotopic (exact) mass is 530 g/mol. The SMILES string of the molecule is CC(=O)C1=C(O)C2C(=O)C3=C(O)c4c(O)ccc(-c5ccc(CC(=O)CC(C)O)cc5)c4C[C@H]3C[C@H]2CC1=O. The fraction of sp³-hybridized carbons (Fsp3) is 0.355. The van der Waals surface area contributed by atoms with Crippen LogP contribution in [0.25, 0.3) is 16.9 Å². The van der Waals surface area contributed by atoms with Crippen molar-refractivity contribution >= 4 is 28.9 Å². The Morgan fingerprint density at radius 2 is 1.69 bits per heavy atom. The Labute approximate surface area is 225 Å². The van der Waals surface area contributed by atoms with Gasteiger partial charge < -0.3 is 20.4 Å². The van der Waals surface area contributed by atoms with Crippen LogP contribution >= 0.6 is 0 Å². The standard InChI is InChI=1S/C31H30O8/c1-14(32)9-20(34)10-16-3-5-17(6-4-16)21-7-8-23(35)28-22(21)12-18-11-19-13-24(36)25(15(2)33)29(37)27(19)30(38)26(18)31(28)39/h3-8,14,18-19,27,32,35,37,39H,9-13H2,1-2H3/t14?,18-,19+,27?/m1/s1. The van der Waals surface area contributed by atoms with Crippen LogP contribution in [-0.2, 0) is 32.0 Å². The number of hydrogen-bond donors (Lipinski definition) is 4. The minimum atomic E-state index is -1.08. The van der Waals surface area contributed by atoms with Crippen LogP contribution in [0, 0.1) is 17.8 Å². The number of ketones is 4. The molecule has 0 amide bonds. The van der Waals surface area contributed by atoms with Gasteiger partial charge in [0.2, 0.25) is 0 Å². The average molecular weight is 531 g/mol. The summed E-state index contributed by atoms with van der Waals surface area (Å²) in [7, 11) is 0. The van der Waals surface area contributed by atoms with E-state index in [9.17, 15) is 39.6 Å².